The summed E-state index contributed by atoms with van der Waals surface area (Å²) in [5.41, 5.74) is 1.16. The molecule has 1 unspecified atom stereocenters. The maximum absolute atomic E-state index is 10.6. The van der Waals surface area contributed by atoms with Crippen LogP contribution in [0.15, 0.2) is 36.4 Å². The van der Waals surface area contributed by atoms with Gasteiger partial charge in [0.05, 0.1) is 9.26 Å². The number of nitro groups is 1. The van der Waals surface area contributed by atoms with Crippen molar-refractivity contribution in [3.8, 4) is 0 Å². The number of hydrogen-bond donors (Lipinski definition) is 1. The van der Waals surface area contributed by atoms with E-state index in [0.717, 1.165) is 22.9 Å². The number of halogens is 1. The van der Waals surface area contributed by atoms with E-state index in [4.69, 9.17) is 11.6 Å². The van der Waals surface area contributed by atoms with Crippen molar-refractivity contribution in [3.05, 3.63) is 61.3 Å². The number of nitro benzene ring substituents is 1. The first-order valence-electron chi connectivity index (χ1n) is 6.28. The molecule has 6 heteroatoms. The molecular formula is C14H15ClN2O2S. The fourth-order valence-electron chi connectivity index (χ4n) is 1.90. The highest BCUT2D eigenvalue weighted by atomic mass is 35.5. The van der Waals surface area contributed by atoms with Gasteiger partial charge in [0.1, 0.15) is 0 Å². The molecule has 0 aliphatic rings. The number of hydrogen-bond acceptors (Lipinski definition) is 4. The van der Waals surface area contributed by atoms with Crippen molar-refractivity contribution in [2.75, 3.05) is 6.54 Å². The lowest BCUT2D eigenvalue weighted by Gasteiger charge is -2.13. The molecule has 0 aliphatic carbocycles. The van der Waals surface area contributed by atoms with E-state index in [2.05, 4.69) is 5.32 Å². The molecule has 0 spiro atoms. The van der Waals surface area contributed by atoms with Gasteiger partial charge < -0.3 is 5.32 Å². The summed E-state index contributed by atoms with van der Waals surface area (Å²) in [5, 5.41) is 14.0. The Morgan fingerprint density at radius 2 is 2.00 bits per heavy atom. The molecule has 0 radical (unpaired) electrons. The number of nitrogens with one attached hydrogen (secondary N) is 1. The fraction of sp³-hybridized carbons (Fsp3) is 0.286. The van der Waals surface area contributed by atoms with Crippen LogP contribution in [0.2, 0.25) is 4.34 Å². The first-order chi connectivity index (χ1) is 9.56. The maximum atomic E-state index is 10.6. The summed E-state index contributed by atoms with van der Waals surface area (Å²) in [4.78, 5) is 11.5. The Morgan fingerprint density at radius 3 is 2.55 bits per heavy atom. The van der Waals surface area contributed by atoms with Crippen LogP contribution < -0.4 is 5.32 Å². The second-order valence-electron chi connectivity index (χ2n) is 4.48. The zero-order valence-corrected chi connectivity index (χ0v) is 12.6. The van der Waals surface area contributed by atoms with Crippen LogP contribution in [0.25, 0.3) is 0 Å². The first kappa shape index (κ1) is 15.0. The van der Waals surface area contributed by atoms with E-state index in [1.165, 1.54) is 17.0 Å². The molecule has 106 valence electrons. The van der Waals surface area contributed by atoms with Gasteiger partial charge in [0.2, 0.25) is 0 Å². The number of rotatable bonds is 6. The highest BCUT2D eigenvalue weighted by Crippen LogP contribution is 2.22. The summed E-state index contributed by atoms with van der Waals surface area (Å²) in [6.45, 7) is 2.89. The van der Waals surface area contributed by atoms with Crippen LogP contribution in [-0.2, 0) is 6.42 Å². The second kappa shape index (κ2) is 6.83. The highest BCUT2D eigenvalue weighted by molar-refractivity contribution is 7.16. The molecule has 1 N–H and O–H groups in total. The maximum Gasteiger partial charge on any atom is 0.269 e. The molecule has 1 atom stereocenters. The predicted octanol–water partition coefficient (Wildman–Crippen LogP) is 4.20. The van der Waals surface area contributed by atoms with Crippen LogP contribution in [-0.4, -0.2) is 11.5 Å². The van der Waals surface area contributed by atoms with Crippen LogP contribution in [0.1, 0.15) is 23.4 Å². The van der Waals surface area contributed by atoms with E-state index in [-0.39, 0.29) is 16.7 Å². The second-order valence-corrected chi connectivity index (χ2v) is 6.28. The Labute approximate surface area is 126 Å². The van der Waals surface area contributed by atoms with E-state index in [1.807, 2.05) is 19.1 Å². The summed E-state index contributed by atoms with van der Waals surface area (Å²) in [5.74, 6) is 0. The van der Waals surface area contributed by atoms with Gasteiger partial charge in [-0.05, 0) is 31.0 Å². The van der Waals surface area contributed by atoms with E-state index < -0.39 is 0 Å². The molecule has 2 rings (SSSR count). The Hall–Kier alpha value is -1.43. The van der Waals surface area contributed by atoms with Gasteiger partial charge in [-0.1, -0.05) is 23.7 Å². The van der Waals surface area contributed by atoms with Crippen molar-refractivity contribution in [3.63, 3.8) is 0 Å². The minimum Gasteiger partial charge on any atom is -0.310 e. The summed E-state index contributed by atoms with van der Waals surface area (Å²) in [7, 11) is 0. The third-order valence-corrected chi connectivity index (χ3v) is 4.35. The van der Waals surface area contributed by atoms with Crippen molar-refractivity contribution in [1.29, 1.82) is 0 Å². The standard InChI is InChI=1S/C14H15ClN2O2S/c1-10(11-2-4-12(5-3-11)17(18)19)16-9-8-13-6-7-14(15)20-13/h2-7,10,16H,8-9H2,1H3. The average Bonchev–Trinajstić information content (AvgIpc) is 2.84. The minimum absolute atomic E-state index is 0.120. The van der Waals surface area contributed by atoms with Gasteiger partial charge >= 0.3 is 0 Å². The third-order valence-electron chi connectivity index (χ3n) is 3.05. The number of benzene rings is 1. The van der Waals surface area contributed by atoms with Crippen LogP contribution in [0.5, 0.6) is 0 Å². The number of non-ortho nitro benzene ring substituents is 1. The Bertz CT molecular complexity index is 583. The predicted molar refractivity (Wildman–Crippen MR) is 82.5 cm³/mol. The molecular weight excluding hydrogens is 296 g/mol. The molecule has 0 saturated carbocycles. The van der Waals surface area contributed by atoms with E-state index in [1.54, 1.807) is 23.5 Å². The van der Waals surface area contributed by atoms with Gasteiger partial charge in [0, 0.05) is 29.6 Å². The van der Waals surface area contributed by atoms with E-state index >= 15 is 0 Å². The van der Waals surface area contributed by atoms with Gasteiger partial charge in [-0.2, -0.15) is 0 Å². The molecule has 1 heterocycles. The lowest BCUT2D eigenvalue weighted by molar-refractivity contribution is -0.384. The molecule has 2 aromatic rings. The SMILES string of the molecule is CC(NCCc1ccc(Cl)s1)c1ccc([N+](=O)[O-])cc1. The molecule has 0 fully saturated rings. The number of thiophene rings is 1. The zero-order chi connectivity index (χ0) is 14.5. The van der Waals surface area contributed by atoms with E-state index in [9.17, 15) is 10.1 Å². The fourth-order valence-corrected chi connectivity index (χ4v) is 2.99. The lowest BCUT2D eigenvalue weighted by Crippen LogP contribution is -2.21. The number of nitrogens with zero attached hydrogens (tertiary/aromatic N) is 1. The van der Waals surface area contributed by atoms with Crippen molar-refractivity contribution in [2.24, 2.45) is 0 Å². The monoisotopic (exact) mass is 310 g/mol. The average molecular weight is 311 g/mol. The Kier molecular flexibility index (Phi) is 5.11. The zero-order valence-electron chi connectivity index (χ0n) is 11.0. The van der Waals surface area contributed by atoms with Gasteiger partial charge in [-0.3, -0.25) is 10.1 Å². The molecule has 0 aliphatic heterocycles. The highest BCUT2D eigenvalue weighted by Gasteiger charge is 2.08. The van der Waals surface area contributed by atoms with Crippen LogP contribution in [0, 0.1) is 10.1 Å². The minimum atomic E-state index is -0.386. The quantitative estimate of drug-likeness (QED) is 0.642. The molecule has 0 bridgehead atoms. The molecule has 1 aromatic carbocycles. The van der Waals surface area contributed by atoms with Gasteiger partial charge in [0.25, 0.3) is 5.69 Å². The molecule has 4 nitrogen and oxygen atoms in total. The summed E-state index contributed by atoms with van der Waals surface area (Å²) in [6.07, 6.45) is 0.925. The summed E-state index contributed by atoms with van der Waals surface area (Å²) < 4.78 is 0.809. The summed E-state index contributed by atoms with van der Waals surface area (Å²) in [6, 6.07) is 10.7. The van der Waals surface area contributed by atoms with Gasteiger partial charge in [-0.15, -0.1) is 11.3 Å². The lowest BCUT2D eigenvalue weighted by atomic mass is 10.1. The normalized spacial score (nSPS) is 12.3. The third kappa shape index (κ3) is 4.03. The van der Waals surface area contributed by atoms with Crippen molar-refractivity contribution >= 4 is 28.6 Å². The molecule has 20 heavy (non-hydrogen) atoms. The largest absolute Gasteiger partial charge is 0.310 e. The van der Waals surface area contributed by atoms with Crippen molar-refractivity contribution < 1.29 is 4.92 Å². The topological polar surface area (TPSA) is 55.2 Å². The van der Waals surface area contributed by atoms with Gasteiger partial charge in [0.15, 0.2) is 0 Å². The Morgan fingerprint density at radius 1 is 1.30 bits per heavy atom. The van der Waals surface area contributed by atoms with Crippen LogP contribution in [0.3, 0.4) is 0 Å². The smallest absolute Gasteiger partial charge is 0.269 e. The summed E-state index contributed by atoms with van der Waals surface area (Å²) >= 11 is 7.47. The van der Waals surface area contributed by atoms with Crippen LogP contribution >= 0.6 is 22.9 Å². The molecule has 0 amide bonds. The van der Waals surface area contributed by atoms with Crippen molar-refractivity contribution in [2.45, 2.75) is 19.4 Å². The van der Waals surface area contributed by atoms with Crippen molar-refractivity contribution in [1.82, 2.24) is 5.32 Å². The Balaban J connectivity index is 1.85. The van der Waals surface area contributed by atoms with Crippen LogP contribution in [0.4, 0.5) is 5.69 Å². The van der Waals surface area contributed by atoms with E-state index in [0.29, 0.717) is 0 Å². The van der Waals surface area contributed by atoms with Gasteiger partial charge in [-0.25, -0.2) is 0 Å². The molecule has 0 saturated heterocycles. The first-order valence-corrected chi connectivity index (χ1v) is 7.47. The molecule has 1 aromatic heterocycles.